The molecule has 1 unspecified atom stereocenters. The van der Waals surface area contributed by atoms with E-state index < -0.39 is 5.92 Å². The van der Waals surface area contributed by atoms with Gasteiger partial charge in [-0.1, -0.05) is 54.1 Å². The second kappa shape index (κ2) is 5.69. The number of ether oxygens (including phenoxy) is 1. The molecule has 0 heterocycles. The van der Waals surface area contributed by atoms with Crippen molar-refractivity contribution in [2.75, 3.05) is 7.11 Å². The monoisotopic (exact) mass is 260 g/mol. The molecule has 0 saturated heterocycles. The van der Waals surface area contributed by atoms with Gasteiger partial charge in [0.2, 0.25) is 0 Å². The van der Waals surface area contributed by atoms with Crippen LogP contribution in [0.15, 0.2) is 54.6 Å². The number of carbonyl (C=O) groups is 1. The number of esters is 1. The SMILES string of the molecule is COC(=O)C(c1ccccc1)c1cccc(Cl)c1. The molecule has 92 valence electrons. The summed E-state index contributed by atoms with van der Waals surface area (Å²) in [6.07, 6.45) is 0. The summed E-state index contributed by atoms with van der Waals surface area (Å²) in [5.74, 6) is -0.724. The Morgan fingerprint density at radius 2 is 1.72 bits per heavy atom. The van der Waals surface area contributed by atoms with E-state index in [4.69, 9.17) is 16.3 Å². The lowest BCUT2D eigenvalue weighted by Crippen LogP contribution is -2.15. The Bertz CT molecular complexity index is 537. The Morgan fingerprint density at radius 1 is 1.06 bits per heavy atom. The van der Waals surface area contributed by atoms with E-state index in [1.807, 2.05) is 42.5 Å². The number of hydrogen-bond donors (Lipinski definition) is 0. The fraction of sp³-hybridized carbons (Fsp3) is 0.133. The molecule has 2 rings (SSSR count). The minimum atomic E-state index is -0.435. The molecule has 0 fully saturated rings. The molecule has 0 spiro atoms. The normalized spacial score (nSPS) is 11.9. The van der Waals surface area contributed by atoms with Gasteiger partial charge in [-0.25, -0.2) is 0 Å². The van der Waals surface area contributed by atoms with Gasteiger partial charge >= 0.3 is 5.97 Å². The summed E-state index contributed by atoms with van der Waals surface area (Å²) in [7, 11) is 1.39. The fourth-order valence-corrected chi connectivity index (χ4v) is 2.11. The van der Waals surface area contributed by atoms with Crippen molar-refractivity contribution >= 4 is 17.6 Å². The molecule has 0 aliphatic rings. The highest BCUT2D eigenvalue weighted by atomic mass is 35.5. The maximum Gasteiger partial charge on any atom is 0.317 e. The van der Waals surface area contributed by atoms with Crippen LogP contribution in [0.4, 0.5) is 0 Å². The molecule has 0 N–H and O–H groups in total. The molecule has 3 heteroatoms. The third-order valence-electron chi connectivity index (χ3n) is 2.75. The largest absolute Gasteiger partial charge is 0.468 e. The Kier molecular flexibility index (Phi) is 4.00. The van der Waals surface area contributed by atoms with E-state index in [-0.39, 0.29) is 5.97 Å². The van der Waals surface area contributed by atoms with Crippen molar-refractivity contribution in [3.8, 4) is 0 Å². The van der Waals surface area contributed by atoms with Crippen molar-refractivity contribution in [3.63, 3.8) is 0 Å². The average Bonchev–Trinajstić information content (AvgIpc) is 2.40. The minimum Gasteiger partial charge on any atom is -0.468 e. The van der Waals surface area contributed by atoms with Crippen LogP contribution in [0, 0.1) is 0 Å². The van der Waals surface area contributed by atoms with Gasteiger partial charge in [-0.2, -0.15) is 0 Å². The van der Waals surface area contributed by atoms with Crippen LogP contribution < -0.4 is 0 Å². The molecule has 0 bridgehead atoms. The zero-order chi connectivity index (χ0) is 13.0. The molecule has 0 aromatic heterocycles. The maximum atomic E-state index is 12.0. The first kappa shape index (κ1) is 12.7. The van der Waals surface area contributed by atoms with Gasteiger partial charge in [0.25, 0.3) is 0 Å². The van der Waals surface area contributed by atoms with E-state index in [9.17, 15) is 4.79 Å². The number of rotatable bonds is 3. The number of halogens is 1. The summed E-state index contributed by atoms with van der Waals surface area (Å²) in [5, 5.41) is 0.609. The number of benzene rings is 2. The van der Waals surface area contributed by atoms with Crippen LogP contribution in [0.1, 0.15) is 17.0 Å². The highest BCUT2D eigenvalue weighted by Gasteiger charge is 2.23. The van der Waals surface area contributed by atoms with Crippen LogP contribution >= 0.6 is 11.6 Å². The van der Waals surface area contributed by atoms with Crippen molar-refractivity contribution in [1.82, 2.24) is 0 Å². The summed E-state index contributed by atoms with van der Waals surface area (Å²) < 4.78 is 4.88. The molecule has 0 radical (unpaired) electrons. The van der Waals surface area contributed by atoms with Crippen molar-refractivity contribution in [3.05, 3.63) is 70.7 Å². The zero-order valence-corrected chi connectivity index (χ0v) is 10.7. The summed E-state index contributed by atoms with van der Waals surface area (Å²) in [5.41, 5.74) is 1.73. The van der Waals surface area contributed by atoms with Gasteiger partial charge in [-0.05, 0) is 23.3 Å². The first-order valence-electron chi connectivity index (χ1n) is 5.60. The Labute approximate surface area is 111 Å². The molecule has 18 heavy (non-hydrogen) atoms. The van der Waals surface area contributed by atoms with E-state index in [1.165, 1.54) is 7.11 Å². The van der Waals surface area contributed by atoms with Gasteiger partial charge < -0.3 is 4.74 Å². The summed E-state index contributed by atoms with van der Waals surface area (Å²) >= 11 is 5.97. The van der Waals surface area contributed by atoms with E-state index in [2.05, 4.69) is 0 Å². The van der Waals surface area contributed by atoms with Gasteiger partial charge in [-0.15, -0.1) is 0 Å². The Balaban J connectivity index is 2.47. The number of hydrogen-bond acceptors (Lipinski definition) is 2. The lowest BCUT2D eigenvalue weighted by atomic mass is 9.91. The number of methoxy groups -OCH3 is 1. The van der Waals surface area contributed by atoms with Crippen molar-refractivity contribution in [1.29, 1.82) is 0 Å². The van der Waals surface area contributed by atoms with Gasteiger partial charge in [0.1, 0.15) is 5.92 Å². The van der Waals surface area contributed by atoms with Gasteiger partial charge in [-0.3, -0.25) is 4.79 Å². The van der Waals surface area contributed by atoms with E-state index >= 15 is 0 Å². The third-order valence-corrected chi connectivity index (χ3v) is 2.99. The van der Waals surface area contributed by atoms with Gasteiger partial charge in [0, 0.05) is 5.02 Å². The lowest BCUT2D eigenvalue weighted by Gasteiger charge is -2.15. The first-order valence-corrected chi connectivity index (χ1v) is 5.98. The predicted molar refractivity (Wildman–Crippen MR) is 71.8 cm³/mol. The predicted octanol–water partition coefficient (Wildman–Crippen LogP) is 3.64. The Morgan fingerprint density at radius 3 is 2.33 bits per heavy atom. The van der Waals surface area contributed by atoms with Gasteiger partial charge in [0.05, 0.1) is 7.11 Å². The molecular weight excluding hydrogens is 248 g/mol. The van der Waals surface area contributed by atoms with Crippen molar-refractivity contribution in [2.24, 2.45) is 0 Å². The minimum absolute atomic E-state index is 0.288. The molecule has 0 saturated carbocycles. The van der Waals surface area contributed by atoms with E-state index in [0.29, 0.717) is 5.02 Å². The standard InChI is InChI=1S/C15H13ClO2/c1-18-15(17)14(11-6-3-2-4-7-11)12-8-5-9-13(16)10-12/h2-10,14H,1H3. The molecule has 2 aromatic carbocycles. The summed E-state index contributed by atoms with van der Waals surface area (Å²) in [6, 6.07) is 16.8. The number of carbonyl (C=O) groups excluding carboxylic acids is 1. The van der Waals surface area contributed by atoms with E-state index in [0.717, 1.165) is 11.1 Å². The topological polar surface area (TPSA) is 26.3 Å². The van der Waals surface area contributed by atoms with Crippen LogP contribution in [0.3, 0.4) is 0 Å². The summed E-state index contributed by atoms with van der Waals surface area (Å²) in [6.45, 7) is 0. The van der Waals surface area contributed by atoms with Crippen LogP contribution in [0.2, 0.25) is 5.02 Å². The van der Waals surface area contributed by atoms with Gasteiger partial charge in [0.15, 0.2) is 0 Å². The van der Waals surface area contributed by atoms with Crippen molar-refractivity contribution in [2.45, 2.75) is 5.92 Å². The van der Waals surface area contributed by atoms with Crippen LogP contribution in [0.5, 0.6) is 0 Å². The summed E-state index contributed by atoms with van der Waals surface area (Å²) in [4.78, 5) is 12.0. The molecule has 2 nitrogen and oxygen atoms in total. The van der Waals surface area contributed by atoms with Crippen molar-refractivity contribution < 1.29 is 9.53 Å². The average molecular weight is 261 g/mol. The lowest BCUT2D eigenvalue weighted by molar-refractivity contribution is -0.141. The smallest absolute Gasteiger partial charge is 0.317 e. The molecule has 0 aliphatic carbocycles. The molecule has 0 aliphatic heterocycles. The third kappa shape index (κ3) is 2.71. The van der Waals surface area contributed by atoms with Crippen LogP contribution in [-0.2, 0) is 9.53 Å². The quantitative estimate of drug-likeness (QED) is 0.788. The molecule has 0 amide bonds. The highest BCUT2D eigenvalue weighted by Crippen LogP contribution is 2.27. The zero-order valence-electron chi connectivity index (χ0n) is 9.97. The Hall–Kier alpha value is -1.80. The maximum absolute atomic E-state index is 12.0. The van der Waals surface area contributed by atoms with Crippen LogP contribution in [-0.4, -0.2) is 13.1 Å². The molecule has 2 aromatic rings. The molecule has 1 atom stereocenters. The second-order valence-electron chi connectivity index (χ2n) is 3.92. The second-order valence-corrected chi connectivity index (χ2v) is 4.36. The van der Waals surface area contributed by atoms with E-state index in [1.54, 1.807) is 12.1 Å². The molecular formula is C15H13ClO2. The highest BCUT2D eigenvalue weighted by molar-refractivity contribution is 6.30. The van der Waals surface area contributed by atoms with Crippen LogP contribution in [0.25, 0.3) is 0 Å². The first-order chi connectivity index (χ1) is 8.72. The fourth-order valence-electron chi connectivity index (χ4n) is 1.91.